The predicted molar refractivity (Wildman–Crippen MR) is 122 cm³/mol. The minimum absolute atomic E-state index is 0.0281. The molecule has 1 aliphatic rings. The van der Waals surface area contributed by atoms with Crippen LogP contribution in [0.4, 0.5) is 4.79 Å². The highest BCUT2D eigenvalue weighted by molar-refractivity contribution is 9.10. The van der Waals surface area contributed by atoms with E-state index in [-0.39, 0.29) is 25.0 Å². The Kier molecular flexibility index (Phi) is 6.64. The highest BCUT2D eigenvalue weighted by atomic mass is 79.9. The molecule has 0 spiro atoms. The molecule has 1 amide bonds. The molecule has 1 atom stereocenters. The molecule has 0 saturated carbocycles. The molecule has 8 nitrogen and oxygen atoms in total. The first-order chi connectivity index (χ1) is 15.5. The van der Waals surface area contributed by atoms with E-state index in [0.29, 0.717) is 31.9 Å². The maximum atomic E-state index is 11.9. The Morgan fingerprint density at radius 2 is 2.06 bits per heavy atom. The monoisotopic (exact) mass is 501 g/mol. The van der Waals surface area contributed by atoms with Crippen LogP contribution in [0.25, 0.3) is 10.9 Å². The Morgan fingerprint density at radius 1 is 1.25 bits per heavy atom. The number of benzene rings is 2. The second kappa shape index (κ2) is 9.60. The number of para-hydroxylation sites is 1. The molecule has 0 bridgehead atoms. The highest BCUT2D eigenvalue weighted by Crippen LogP contribution is 2.30. The van der Waals surface area contributed by atoms with Crippen LogP contribution >= 0.6 is 15.9 Å². The van der Waals surface area contributed by atoms with Crippen molar-refractivity contribution in [3.05, 3.63) is 58.2 Å². The van der Waals surface area contributed by atoms with Crippen molar-refractivity contribution in [3.63, 3.8) is 0 Å². The normalized spacial score (nSPS) is 15.8. The van der Waals surface area contributed by atoms with Gasteiger partial charge in [-0.25, -0.2) is 4.79 Å². The van der Waals surface area contributed by atoms with Gasteiger partial charge in [-0.1, -0.05) is 34.1 Å². The maximum absolute atomic E-state index is 11.9. The Morgan fingerprint density at radius 3 is 2.81 bits per heavy atom. The van der Waals surface area contributed by atoms with Gasteiger partial charge in [0.05, 0.1) is 24.6 Å². The lowest BCUT2D eigenvalue weighted by atomic mass is 10.1. The fraction of sp³-hybridized carbons (Fsp3) is 0.348. The van der Waals surface area contributed by atoms with Crippen LogP contribution in [0, 0.1) is 0 Å². The number of halogens is 1. The van der Waals surface area contributed by atoms with Crippen molar-refractivity contribution >= 4 is 38.9 Å². The number of nitrogens with zero attached hydrogens (tertiary/aromatic N) is 3. The quantitative estimate of drug-likeness (QED) is 0.482. The number of amides is 1. The topological polar surface area (TPSA) is 93.9 Å². The molecule has 1 aromatic heterocycles. The van der Waals surface area contributed by atoms with E-state index in [1.807, 2.05) is 47.1 Å². The van der Waals surface area contributed by atoms with Crippen LogP contribution in [0.1, 0.15) is 30.6 Å². The van der Waals surface area contributed by atoms with Gasteiger partial charge in [-0.3, -0.25) is 9.48 Å². The van der Waals surface area contributed by atoms with E-state index in [0.717, 1.165) is 26.6 Å². The van der Waals surface area contributed by atoms with Crippen LogP contribution in [0.2, 0.25) is 0 Å². The number of esters is 1. The van der Waals surface area contributed by atoms with Crippen molar-refractivity contribution in [1.29, 1.82) is 0 Å². The molecule has 32 heavy (non-hydrogen) atoms. The average molecular weight is 502 g/mol. The Hall–Kier alpha value is -3.07. The van der Waals surface area contributed by atoms with Crippen LogP contribution in [-0.4, -0.2) is 51.5 Å². The number of likely N-dealkylation sites (tertiary alicyclic amines) is 1. The van der Waals surface area contributed by atoms with Gasteiger partial charge in [0.2, 0.25) is 0 Å². The largest absolute Gasteiger partial charge is 0.487 e. The summed E-state index contributed by atoms with van der Waals surface area (Å²) in [7, 11) is 0. The summed E-state index contributed by atoms with van der Waals surface area (Å²) in [5.41, 5.74) is 2.44. The summed E-state index contributed by atoms with van der Waals surface area (Å²) in [4.78, 5) is 24.7. The third kappa shape index (κ3) is 4.72. The lowest BCUT2D eigenvalue weighted by molar-refractivity contribution is -0.142. The highest BCUT2D eigenvalue weighted by Gasteiger charge is 2.29. The van der Waals surface area contributed by atoms with Gasteiger partial charge in [-0.15, -0.1) is 0 Å². The second-order valence-corrected chi connectivity index (χ2v) is 8.52. The van der Waals surface area contributed by atoms with Crippen molar-refractivity contribution < 1.29 is 24.2 Å². The minimum Gasteiger partial charge on any atom is -0.487 e. The number of hydrogen-bond acceptors (Lipinski definition) is 5. The number of carbonyl (C=O) groups is 2. The number of aromatic nitrogens is 2. The third-order valence-corrected chi connectivity index (χ3v) is 5.99. The Balaban J connectivity index is 1.59. The van der Waals surface area contributed by atoms with E-state index in [9.17, 15) is 14.7 Å². The molecular formula is C23H24BrN3O5. The third-order valence-electron chi connectivity index (χ3n) is 5.50. The number of hydrogen-bond donors (Lipinski definition) is 1. The van der Waals surface area contributed by atoms with Gasteiger partial charge >= 0.3 is 12.1 Å². The molecule has 1 fully saturated rings. The van der Waals surface area contributed by atoms with E-state index in [1.165, 1.54) is 4.90 Å². The Labute approximate surface area is 193 Å². The lowest BCUT2D eigenvalue weighted by Gasteiger charge is -2.13. The van der Waals surface area contributed by atoms with Crippen LogP contribution in [0.5, 0.6) is 5.75 Å². The minimum atomic E-state index is -0.909. The summed E-state index contributed by atoms with van der Waals surface area (Å²) in [5, 5.41) is 15.0. The molecule has 3 aromatic rings. The molecule has 0 unspecified atom stereocenters. The van der Waals surface area contributed by atoms with Crippen molar-refractivity contribution in [3.8, 4) is 5.75 Å². The molecule has 1 N–H and O–H groups in total. The summed E-state index contributed by atoms with van der Waals surface area (Å²) in [6.45, 7) is 3.23. The molecule has 2 aromatic carbocycles. The number of fused-ring (bicyclic) bond motifs is 1. The molecule has 1 aliphatic heterocycles. The molecule has 168 valence electrons. The number of ether oxygens (including phenoxy) is 2. The zero-order valence-electron chi connectivity index (χ0n) is 17.7. The zero-order chi connectivity index (χ0) is 22.7. The molecule has 4 rings (SSSR count). The molecular weight excluding hydrogens is 478 g/mol. The molecule has 2 heterocycles. The van der Waals surface area contributed by atoms with Gasteiger partial charge in [0.15, 0.2) is 0 Å². The van der Waals surface area contributed by atoms with Crippen LogP contribution < -0.4 is 4.74 Å². The molecule has 0 aliphatic carbocycles. The summed E-state index contributed by atoms with van der Waals surface area (Å²) in [6, 6.07) is 13.3. The van der Waals surface area contributed by atoms with E-state index >= 15 is 0 Å². The predicted octanol–water partition coefficient (Wildman–Crippen LogP) is 4.41. The fourth-order valence-electron chi connectivity index (χ4n) is 3.98. The van der Waals surface area contributed by atoms with Gasteiger partial charge in [0.25, 0.3) is 0 Å². The first-order valence-corrected chi connectivity index (χ1v) is 11.3. The smallest absolute Gasteiger partial charge is 0.407 e. The summed E-state index contributed by atoms with van der Waals surface area (Å²) < 4.78 is 14.0. The number of carbonyl (C=O) groups excluding carboxylic acids is 1. The maximum Gasteiger partial charge on any atom is 0.407 e. The van der Waals surface area contributed by atoms with E-state index in [4.69, 9.17) is 14.6 Å². The van der Waals surface area contributed by atoms with Crippen LogP contribution in [0.3, 0.4) is 0 Å². The SMILES string of the molecule is CCOC(=O)Cc1ccccc1OCc1nn([C@H]2CCN(C(=O)O)C2)c2ccc(Br)cc12. The summed E-state index contributed by atoms with van der Waals surface area (Å²) in [6.07, 6.45) is -0.0619. The second-order valence-electron chi connectivity index (χ2n) is 7.60. The van der Waals surface area contributed by atoms with Crippen molar-refractivity contribution in [2.75, 3.05) is 19.7 Å². The zero-order valence-corrected chi connectivity index (χ0v) is 19.2. The number of rotatable bonds is 7. The average Bonchev–Trinajstić information content (AvgIpc) is 3.38. The standard InChI is InChI=1S/C23H24BrN3O5/c1-2-31-22(28)11-15-5-3-4-6-21(15)32-14-19-18-12-16(24)7-8-20(18)27(25-19)17-9-10-26(13-17)23(29)30/h3-8,12,17H,2,9-11,13-14H2,1H3,(H,29,30)/t17-/m0/s1. The lowest BCUT2D eigenvalue weighted by Crippen LogP contribution is -2.27. The van der Waals surface area contributed by atoms with Crippen molar-refractivity contribution in [2.45, 2.75) is 32.4 Å². The Bertz CT molecular complexity index is 1150. The molecule has 9 heteroatoms. The van der Waals surface area contributed by atoms with E-state index < -0.39 is 6.09 Å². The van der Waals surface area contributed by atoms with Gasteiger partial charge in [-0.2, -0.15) is 5.10 Å². The van der Waals surface area contributed by atoms with Crippen LogP contribution in [-0.2, 0) is 22.6 Å². The number of carboxylic acid groups (broad SMARTS) is 1. The van der Waals surface area contributed by atoms with Crippen molar-refractivity contribution in [1.82, 2.24) is 14.7 Å². The van der Waals surface area contributed by atoms with Crippen LogP contribution in [0.15, 0.2) is 46.9 Å². The van der Waals surface area contributed by atoms with Crippen molar-refractivity contribution in [2.24, 2.45) is 0 Å². The van der Waals surface area contributed by atoms with Gasteiger partial charge in [-0.05, 0) is 37.6 Å². The summed E-state index contributed by atoms with van der Waals surface area (Å²) in [5.74, 6) is 0.308. The van der Waals surface area contributed by atoms with E-state index in [2.05, 4.69) is 15.9 Å². The van der Waals surface area contributed by atoms with Gasteiger partial charge in [0.1, 0.15) is 18.1 Å². The molecule has 1 saturated heterocycles. The summed E-state index contributed by atoms with van der Waals surface area (Å²) >= 11 is 3.52. The molecule has 0 radical (unpaired) electrons. The van der Waals surface area contributed by atoms with Gasteiger partial charge in [0, 0.05) is 28.5 Å². The van der Waals surface area contributed by atoms with E-state index in [1.54, 1.807) is 6.92 Å². The first-order valence-electron chi connectivity index (χ1n) is 10.5. The fourth-order valence-corrected chi connectivity index (χ4v) is 4.34. The first kappa shape index (κ1) is 22.1. The van der Waals surface area contributed by atoms with Gasteiger partial charge < -0.3 is 19.5 Å².